The van der Waals surface area contributed by atoms with E-state index < -0.39 is 11.2 Å². The predicted octanol–water partition coefficient (Wildman–Crippen LogP) is 3.56. The molecule has 2 aromatic rings. The maximum absolute atomic E-state index is 14.3. The topological polar surface area (TPSA) is 73.8 Å². The Labute approximate surface area is 144 Å². The van der Waals surface area contributed by atoms with E-state index in [1.165, 1.54) is 24.2 Å². The van der Waals surface area contributed by atoms with Crippen LogP contribution in [0.25, 0.3) is 11.4 Å². The van der Waals surface area contributed by atoms with E-state index in [0.717, 1.165) is 25.7 Å². The highest BCUT2D eigenvalue weighted by atomic mass is 32.2. The van der Waals surface area contributed by atoms with Crippen molar-refractivity contribution in [2.45, 2.75) is 55.5 Å². The van der Waals surface area contributed by atoms with Crippen LogP contribution in [0.2, 0.25) is 0 Å². The summed E-state index contributed by atoms with van der Waals surface area (Å²) >= 11 is 1.29. The van der Waals surface area contributed by atoms with Gasteiger partial charge in [-0.3, -0.25) is 9.36 Å². The number of aromatic nitrogens is 3. The molecule has 3 rings (SSSR count). The van der Waals surface area contributed by atoms with E-state index >= 15 is 0 Å². The van der Waals surface area contributed by atoms with Crippen LogP contribution >= 0.6 is 11.8 Å². The van der Waals surface area contributed by atoms with Gasteiger partial charge in [-0.15, -0.1) is 10.2 Å². The Balaban J connectivity index is 2.04. The van der Waals surface area contributed by atoms with E-state index in [-0.39, 0.29) is 11.9 Å². The summed E-state index contributed by atoms with van der Waals surface area (Å²) in [6.45, 7) is 1.75. The van der Waals surface area contributed by atoms with Crippen molar-refractivity contribution in [2.24, 2.45) is 5.73 Å². The van der Waals surface area contributed by atoms with Gasteiger partial charge >= 0.3 is 0 Å². The first-order valence-electron chi connectivity index (χ1n) is 8.23. The summed E-state index contributed by atoms with van der Waals surface area (Å²) in [5.74, 6) is -0.189. The second-order valence-corrected chi connectivity index (χ2v) is 7.42. The van der Waals surface area contributed by atoms with Crippen LogP contribution in [0.5, 0.6) is 0 Å². The minimum atomic E-state index is -0.412. The fourth-order valence-corrected chi connectivity index (χ4v) is 3.94. The van der Waals surface area contributed by atoms with Gasteiger partial charge in [-0.2, -0.15) is 0 Å². The lowest BCUT2D eigenvalue weighted by atomic mass is 9.95. The van der Waals surface area contributed by atoms with Gasteiger partial charge in [-0.1, -0.05) is 43.2 Å². The molecular weight excluding hydrogens is 327 g/mol. The average Bonchev–Trinajstić information content (AvgIpc) is 2.99. The van der Waals surface area contributed by atoms with E-state index in [1.807, 2.05) is 4.57 Å². The molecule has 0 bridgehead atoms. The van der Waals surface area contributed by atoms with Crippen molar-refractivity contribution in [3.05, 3.63) is 30.1 Å². The zero-order chi connectivity index (χ0) is 17.1. The van der Waals surface area contributed by atoms with Crippen LogP contribution in [0.15, 0.2) is 29.4 Å². The number of primary amides is 1. The number of thioether (sulfide) groups is 1. The molecule has 0 aliphatic heterocycles. The molecule has 1 aromatic heterocycles. The van der Waals surface area contributed by atoms with Crippen molar-refractivity contribution >= 4 is 17.7 Å². The molecule has 24 heavy (non-hydrogen) atoms. The largest absolute Gasteiger partial charge is 0.369 e. The summed E-state index contributed by atoms with van der Waals surface area (Å²) in [5, 5.41) is 8.69. The molecule has 1 aliphatic rings. The average molecular weight is 348 g/mol. The molecule has 0 unspecified atom stereocenters. The highest BCUT2D eigenvalue weighted by molar-refractivity contribution is 8.00. The maximum atomic E-state index is 14.3. The molecule has 5 nitrogen and oxygen atoms in total. The Hall–Kier alpha value is -1.89. The smallest absolute Gasteiger partial charge is 0.230 e. The van der Waals surface area contributed by atoms with Crippen LogP contribution in [0.1, 0.15) is 45.1 Å². The number of nitrogens with zero attached hydrogens (tertiary/aromatic N) is 3. The van der Waals surface area contributed by atoms with E-state index in [9.17, 15) is 9.18 Å². The van der Waals surface area contributed by atoms with E-state index in [1.54, 1.807) is 25.1 Å². The number of hydrogen-bond acceptors (Lipinski definition) is 4. The second kappa shape index (κ2) is 7.34. The van der Waals surface area contributed by atoms with Gasteiger partial charge in [0, 0.05) is 6.04 Å². The summed E-state index contributed by atoms with van der Waals surface area (Å²) in [6.07, 6.45) is 5.51. The van der Waals surface area contributed by atoms with Crippen LogP contribution < -0.4 is 5.73 Å². The van der Waals surface area contributed by atoms with Gasteiger partial charge < -0.3 is 5.73 Å². The molecular formula is C17H21FN4OS. The highest BCUT2D eigenvalue weighted by Gasteiger charge is 2.26. The Morgan fingerprint density at radius 1 is 1.29 bits per heavy atom. The van der Waals surface area contributed by atoms with Crippen molar-refractivity contribution in [1.29, 1.82) is 0 Å². The molecule has 1 saturated carbocycles. The lowest BCUT2D eigenvalue weighted by molar-refractivity contribution is -0.117. The van der Waals surface area contributed by atoms with Gasteiger partial charge in [0.2, 0.25) is 5.91 Å². The van der Waals surface area contributed by atoms with Gasteiger partial charge in [0.1, 0.15) is 5.82 Å². The summed E-state index contributed by atoms with van der Waals surface area (Å²) in [7, 11) is 0. The van der Waals surface area contributed by atoms with Gasteiger partial charge in [-0.25, -0.2) is 4.39 Å². The van der Waals surface area contributed by atoms with Crippen molar-refractivity contribution in [1.82, 2.24) is 14.8 Å². The minimum absolute atomic E-state index is 0.228. The third-order valence-electron chi connectivity index (χ3n) is 4.40. The van der Waals surface area contributed by atoms with Crippen LogP contribution in [-0.4, -0.2) is 25.9 Å². The summed E-state index contributed by atoms with van der Waals surface area (Å²) < 4.78 is 16.3. The molecule has 1 heterocycles. The van der Waals surface area contributed by atoms with Crippen LogP contribution in [0.3, 0.4) is 0 Å². The number of benzene rings is 1. The fraction of sp³-hybridized carbons (Fsp3) is 0.471. The third-order valence-corrected chi connectivity index (χ3v) is 5.48. The SMILES string of the molecule is C[C@@H](Sc1nnc(-c2ccccc2F)n1C1CCCCC1)C(N)=O. The summed E-state index contributed by atoms with van der Waals surface area (Å²) in [5.41, 5.74) is 5.82. The standard InChI is InChI=1S/C17H21FN4OS/c1-11(15(19)23)24-17-21-20-16(13-9-5-6-10-14(13)18)22(17)12-7-3-2-4-8-12/h5-6,9-12H,2-4,7-8H2,1H3,(H2,19,23)/t11-/m1/s1. The number of carbonyl (C=O) groups excluding carboxylic acids is 1. The first-order chi connectivity index (χ1) is 11.6. The zero-order valence-electron chi connectivity index (χ0n) is 13.6. The Bertz CT molecular complexity index is 727. The maximum Gasteiger partial charge on any atom is 0.230 e. The molecule has 128 valence electrons. The Morgan fingerprint density at radius 3 is 2.67 bits per heavy atom. The number of nitrogens with two attached hydrogens (primary N) is 1. The molecule has 1 aromatic carbocycles. The minimum Gasteiger partial charge on any atom is -0.369 e. The van der Waals surface area contributed by atoms with Crippen molar-refractivity contribution in [2.75, 3.05) is 0 Å². The number of hydrogen-bond donors (Lipinski definition) is 1. The molecule has 1 aliphatic carbocycles. The number of amides is 1. The number of carbonyl (C=O) groups is 1. The molecule has 0 spiro atoms. The first-order valence-corrected chi connectivity index (χ1v) is 9.11. The predicted molar refractivity (Wildman–Crippen MR) is 92.1 cm³/mol. The van der Waals surface area contributed by atoms with Crippen molar-refractivity contribution in [3.8, 4) is 11.4 Å². The normalized spacial score (nSPS) is 16.9. The quantitative estimate of drug-likeness (QED) is 0.839. The van der Waals surface area contributed by atoms with Gasteiger partial charge in [-0.05, 0) is 31.9 Å². The molecule has 1 fully saturated rings. The lowest BCUT2D eigenvalue weighted by Gasteiger charge is -2.26. The van der Waals surface area contributed by atoms with Crippen LogP contribution in [0.4, 0.5) is 4.39 Å². The van der Waals surface area contributed by atoms with E-state index in [0.29, 0.717) is 16.5 Å². The Kier molecular flexibility index (Phi) is 5.18. The Morgan fingerprint density at radius 2 is 2.00 bits per heavy atom. The fourth-order valence-electron chi connectivity index (χ4n) is 3.07. The van der Waals surface area contributed by atoms with Gasteiger partial charge in [0.05, 0.1) is 10.8 Å². The highest BCUT2D eigenvalue weighted by Crippen LogP contribution is 2.37. The van der Waals surface area contributed by atoms with Crippen molar-refractivity contribution in [3.63, 3.8) is 0 Å². The molecule has 2 N–H and O–H groups in total. The molecule has 0 radical (unpaired) electrons. The van der Waals surface area contributed by atoms with Crippen LogP contribution in [0, 0.1) is 5.82 Å². The first kappa shape index (κ1) is 17.0. The number of halogens is 1. The monoisotopic (exact) mass is 348 g/mol. The van der Waals surface area contributed by atoms with E-state index in [4.69, 9.17) is 5.73 Å². The molecule has 7 heteroatoms. The van der Waals surface area contributed by atoms with Gasteiger partial charge in [0.25, 0.3) is 0 Å². The van der Waals surface area contributed by atoms with E-state index in [2.05, 4.69) is 10.2 Å². The summed E-state index contributed by atoms with van der Waals surface area (Å²) in [4.78, 5) is 11.4. The third kappa shape index (κ3) is 3.45. The van der Waals surface area contributed by atoms with Gasteiger partial charge in [0.15, 0.2) is 11.0 Å². The number of rotatable bonds is 5. The molecule has 0 saturated heterocycles. The molecule has 1 atom stereocenters. The summed E-state index contributed by atoms with van der Waals surface area (Å²) in [6, 6.07) is 6.81. The van der Waals surface area contributed by atoms with Crippen LogP contribution in [-0.2, 0) is 4.79 Å². The molecule has 1 amide bonds. The lowest BCUT2D eigenvalue weighted by Crippen LogP contribution is -2.23. The zero-order valence-corrected chi connectivity index (χ0v) is 14.4. The second-order valence-electron chi connectivity index (χ2n) is 6.11. The van der Waals surface area contributed by atoms with Crippen molar-refractivity contribution < 1.29 is 9.18 Å².